The molecule has 0 aliphatic heterocycles. The van der Waals surface area contributed by atoms with Crippen molar-refractivity contribution in [1.82, 2.24) is 0 Å². The van der Waals surface area contributed by atoms with Gasteiger partial charge >= 0.3 is 0 Å². The normalized spacial score (nSPS) is 10.6. The summed E-state index contributed by atoms with van der Waals surface area (Å²) in [7, 11) is 0. The average Bonchev–Trinajstić information content (AvgIpc) is 2.19. The first-order valence-electron chi connectivity index (χ1n) is 5.16. The van der Waals surface area contributed by atoms with Crippen molar-refractivity contribution in [3.05, 3.63) is 28.2 Å². The van der Waals surface area contributed by atoms with Crippen molar-refractivity contribution in [2.45, 2.75) is 26.9 Å². The number of anilines is 1. The molecule has 0 spiro atoms. The second-order valence-corrected chi connectivity index (χ2v) is 4.75. The van der Waals surface area contributed by atoms with Gasteiger partial charge in [0, 0.05) is 4.47 Å². The quantitative estimate of drug-likeness (QED) is 0.923. The number of carbonyl (C=O) groups excluding carboxylic acids is 1. The van der Waals surface area contributed by atoms with Crippen molar-refractivity contribution in [2.24, 2.45) is 0 Å². The number of benzene rings is 1. The number of aryl methyl sites for hydroxylation is 1. The van der Waals surface area contributed by atoms with E-state index in [9.17, 15) is 4.79 Å². The SMILES string of the molecule is Cc1ccc(NC(=O)COC(C)C)c(Br)c1. The van der Waals surface area contributed by atoms with Crippen LogP contribution in [0.25, 0.3) is 0 Å². The minimum atomic E-state index is -0.141. The third-order valence-electron chi connectivity index (χ3n) is 1.95. The molecule has 0 aliphatic carbocycles. The maximum atomic E-state index is 11.5. The summed E-state index contributed by atoms with van der Waals surface area (Å²) in [6.07, 6.45) is 0.0622. The Balaban J connectivity index is 2.56. The highest BCUT2D eigenvalue weighted by atomic mass is 79.9. The maximum Gasteiger partial charge on any atom is 0.250 e. The number of nitrogens with one attached hydrogen (secondary N) is 1. The second kappa shape index (κ2) is 6.01. The highest BCUT2D eigenvalue weighted by Gasteiger charge is 2.06. The monoisotopic (exact) mass is 285 g/mol. The number of hydrogen-bond donors (Lipinski definition) is 1. The average molecular weight is 286 g/mol. The standard InChI is InChI=1S/C12H16BrNO2/c1-8(2)16-7-12(15)14-11-5-4-9(3)6-10(11)13/h4-6,8H,7H2,1-3H3,(H,14,15). The van der Waals surface area contributed by atoms with Crippen molar-refractivity contribution in [3.8, 4) is 0 Å². The van der Waals surface area contributed by atoms with Crippen LogP contribution in [0.15, 0.2) is 22.7 Å². The minimum Gasteiger partial charge on any atom is -0.369 e. The van der Waals surface area contributed by atoms with Gasteiger partial charge in [-0.2, -0.15) is 0 Å². The first-order valence-corrected chi connectivity index (χ1v) is 5.96. The van der Waals surface area contributed by atoms with E-state index in [1.807, 2.05) is 39.0 Å². The molecule has 0 saturated carbocycles. The fraction of sp³-hybridized carbons (Fsp3) is 0.417. The molecular weight excluding hydrogens is 270 g/mol. The molecule has 0 atom stereocenters. The van der Waals surface area contributed by atoms with Crippen molar-refractivity contribution < 1.29 is 9.53 Å². The Hall–Kier alpha value is -0.870. The molecule has 0 radical (unpaired) electrons. The van der Waals surface area contributed by atoms with Gasteiger partial charge in [0.05, 0.1) is 11.8 Å². The van der Waals surface area contributed by atoms with Crippen LogP contribution in [0.1, 0.15) is 19.4 Å². The van der Waals surface area contributed by atoms with E-state index in [2.05, 4.69) is 21.2 Å². The fourth-order valence-corrected chi connectivity index (χ4v) is 1.74. The van der Waals surface area contributed by atoms with Crippen molar-refractivity contribution in [3.63, 3.8) is 0 Å². The van der Waals surface area contributed by atoms with Crippen molar-refractivity contribution in [1.29, 1.82) is 0 Å². The molecule has 0 unspecified atom stereocenters. The molecule has 1 aromatic rings. The summed E-state index contributed by atoms with van der Waals surface area (Å²) >= 11 is 3.40. The zero-order chi connectivity index (χ0) is 12.1. The van der Waals surface area contributed by atoms with Crippen molar-refractivity contribution >= 4 is 27.5 Å². The lowest BCUT2D eigenvalue weighted by molar-refractivity contribution is -0.121. The number of amides is 1. The lowest BCUT2D eigenvalue weighted by atomic mass is 10.2. The molecule has 1 amide bonds. The Bertz CT molecular complexity index is 377. The molecule has 1 aromatic carbocycles. The second-order valence-electron chi connectivity index (χ2n) is 3.89. The van der Waals surface area contributed by atoms with Crippen LogP contribution in [0.2, 0.25) is 0 Å². The maximum absolute atomic E-state index is 11.5. The van der Waals surface area contributed by atoms with Crippen LogP contribution < -0.4 is 5.32 Å². The summed E-state index contributed by atoms with van der Waals surface area (Å²) in [6.45, 7) is 5.88. The van der Waals surface area contributed by atoms with Gasteiger partial charge < -0.3 is 10.1 Å². The van der Waals surface area contributed by atoms with Crippen LogP contribution in [0.4, 0.5) is 5.69 Å². The summed E-state index contributed by atoms with van der Waals surface area (Å²) in [4.78, 5) is 11.5. The molecule has 88 valence electrons. The van der Waals surface area contributed by atoms with E-state index in [0.29, 0.717) is 0 Å². The van der Waals surface area contributed by atoms with Crippen LogP contribution >= 0.6 is 15.9 Å². The molecule has 3 nitrogen and oxygen atoms in total. The molecule has 0 heterocycles. The third-order valence-corrected chi connectivity index (χ3v) is 2.60. The van der Waals surface area contributed by atoms with E-state index < -0.39 is 0 Å². The van der Waals surface area contributed by atoms with Crippen LogP contribution in [-0.2, 0) is 9.53 Å². The van der Waals surface area contributed by atoms with E-state index in [-0.39, 0.29) is 18.6 Å². The zero-order valence-corrected chi connectivity index (χ0v) is 11.3. The molecule has 0 aliphatic rings. The first-order chi connectivity index (χ1) is 7.49. The van der Waals surface area contributed by atoms with Gasteiger partial charge in [-0.15, -0.1) is 0 Å². The van der Waals surface area contributed by atoms with E-state index in [0.717, 1.165) is 15.7 Å². The molecular formula is C12H16BrNO2. The third kappa shape index (κ3) is 4.33. The number of ether oxygens (including phenoxy) is 1. The molecule has 4 heteroatoms. The smallest absolute Gasteiger partial charge is 0.250 e. The lowest BCUT2D eigenvalue weighted by Crippen LogP contribution is -2.20. The van der Waals surface area contributed by atoms with Crippen LogP contribution in [-0.4, -0.2) is 18.6 Å². The number of carbonyl (C=O) groups is 1. The summed E-state index contributed by atoms with van der Waals surface area (Å²) in [6, 6.07) is 5.77. The first kappa shape index (κ1) is 13.2. The molecule has 0 aromatic heterocycles. The Morgan fingerprint density at radius 1 is 1.50 bits per heavy atom. The van der Waals surface area contributed by atoms with Gasteiger partial charge in [0.2, 0.25) is 5.91 Å². The van der Waals surface area contributed by atoms with E-state index in [1.54, 1.807) is 0 Å². The highest BCUT2D eigenvalue weighted by Crippen LogP contribution is 2.23. The minimum absolute atomic E-state index is 0.0622. The number of halogens is 1. The van der Waals surface area contributed by atoms with Crippen molar-refractivity contribution in [2.75, 3.05) is 11.9 Å². The Kier molecular flexibility index (Phi) is 4.96. The Labute approximate surface area is 104 Å². The molecule has 1 rings (SSSR count). The van der Waals surface area contributed by atoms with Crippen LogP contribution in [0.5, 0.6) is 0 Å². The van der Waals surface area contributed by atoms with Gasteiger partial charge in [-0.25, -0.2) is 0 Å². The van der Waals surface area contributed by atoms with Crippen LogP contribution in [0.3, 0.4) is 0 Å². The number of rotatable bonds is 4. The van der Waals surface area contributed by atoms with Gasteiger partial charge in [-0.1, -0.05) is 6.07 Å². The Morgan fingerprint density at radius 2 is 2.19 bits per heavy atom. The van der Waals surface area contributed by atoms with E-state index in [4.69, 9.17) is 4.74 Å². The topological polar surface area (TPSA) is 38.3 Å². The molecule has 0 saturated heterocycles. The highest BCUT2D eigenvalue weighted by molar-refractivity contribution is 9.10. The zero-order valence-electron chi connectivity index (χ0n) is 9.71. The predicted molar refractivity (Wildman–Crippen MR) is 68.6 cm³/mol. The summed E-state index contributed by atoms with van der Waals surface area (Å²) in [5, 5.41) is 2.78. The molecule has 0 fully saturated rings. The largest absolute Gasteiger partial charge is 0.369 e. The van der Waals surface area contributed by atoms with Gasteiger partial charge in [0.1, 0.15) is 6.61 Å². The fourth-order valence-electron chi connectivity index (χ4n) is 1.15. The van der Waals surface area contributed by atoms with Gasteiger partial charge in [-0.05, 0) is 54.4 Å². The van der Waals surface area contributed by atoms with Gasteiger partial charge in [0.25, 0.3) is 0 Å². The number of hydrogen-bond acceptors (Lipinski definition) is 2. The predicted octanol–water partition coefficient (Wildman–Crippen LogP) is 3.12. The van der Waals surface area contributed by atoms with E-state index >= 15 is 0 Å². The lowest BCUT2D eigenvalue weighted by Gasteiger charge is -2.10. The molecule has 1 N–H and O–H groups in total. The van der Waals surface area contributed by atoms with Gasteiger partial charge in [-0.3, -0.25) is 4.79 Å². The van der Waals surface area contributed by atoms with E-state index in [1.165, 1.54) is 0 Å². The van der Waals surface area contributed by atoms with Gasteiger partial charge in [0.15, 0.2) is 0 Å². The van der Waals surface area contributed by atoms with Crippen LogP contribution in [0, 0.1) is 6.92 Å². The molecule has 16 heavy (non-hydrogen) atoms. The Morgan fingerprint density at radius 3 is 2.75 bits per heavy atom. The summed E-state index contributed by atoms with van der Waals surface area (Å²) in [5.74, 6) is -0.141. The molecule has 0 bridgehead atoms. The summed E-state index contributed by atoms with van der Waals surface area (Å²) < 4.78 is 6.09. The summed E-state index contributed by atoms with van der Waals surface area (Å²) in [5.41, 5.74) is 1.91.